The molecule has 2 fully saturated rings. The van der Waals surface area contributed by atoms with Gasteiger partial charge in [0.15, 0.2) is 0 Å². The Morgan fingerprint density at radius 3 is 2.15 bits per heavy atom. The third-order valence-corrected chi connectivity index (χ3v) is 3.96. The van der Waals surface area contributed by atoms with Crippen LogP contribution < -0.4 is 0 Å². The van der Waals surface area contributed by atoms with Crippen LogP contribution in [-0.4, -0.2) is 41.3 Å². The lowest BCUT2D eigenvalue weighted by Crippen LogP contribution is -2.49. The molecule has 0 aromatic carbocycles. The van der Waals surface area contributed by atoms with Crippen molar-refractivity contribution in [3.8, 4) is 0 Å². The number of hydrogen-bond acceptors (Lipinski definition) is 4. The normalized spacial score (nSPS) is 29.2. The number of hydrogen-bond donors (Lipinski definition) is 0. The van der Waals surface area contributed by atoms with Gasteiger partial charge in [-0.2, -0.15) is 0 Å². The van der Waals surface area contributed by atoms with E-state index in [2.05, 4.69) is 0 Å². The number of fused-ring (bicyclic) bond motifs is 2. The molecule has 2 heterocycles. The van der Waals surface area contributed by atoms with Gasteiger partial charge < -0.3 is 14.4 Å². The average molecular weight is 283 g/mol. The van der Waals surface area contributed by atoms with Gasteiger partial charge in [-0.3, -0.25) is 4.79 Å². The Bertz CT molecular complexity index is 374. The van der Waals surface area contributed by atoms with E-state index in [1.54, 1.807) is 0 Å². The Morgan fingerprint density at radius 2 is 1.70 bits per heavy atom. The number of esters is 1. The molecule has 0 saturated carbocycles. The minimum absolute atomic E-state index is 0.0638. The Balaban J connectivity index is 2.00. The van der Waals surface area contributed by atoms with Crippen LogP contribution in [-0.2, 0) is 14.3 Å². The molecular weight excluding hydrogens is 258 g/mol. The SMILES string of the molecule is CCOC(=O)[C@@H]1C[C@H]2CC[C@@H](C1)N2C(=O)OC(C)(C)C. The van der Waals surface area contributed by atoms with Crippen LogP contribution in [0.4, 0.5) is 4.79 Å². The molecule has 0 aliphatic carbocycles. The summed E-state index contributed by atoms with van der Waals surface area (Å²) in [6.45, 7) is 7.86. The second-order valence-electron chi connectivity index (χ2n) is 6.69. The fraction of sp³-hybridized carbons (Fsp3) is 0.867. The van der Waals surface area contributed by atoms with Crippen LogP contribution in [0.25, 0.3) is 0 Å². The first-order chi connectivity index (χ1) is 9.31. The predicted octanol–water partition coefficient (Wildman–Crippen LogP) is 2.73. The Morgan fingerprint density at radius 1 is 1.15 bits per heavy atom. The van der Waals surface area contributed by atoms with Crippen molar-refractivity contribution in [2.75, 3.05) is 6.61 Å². The highest BCUT2D eigenvalue weighted by Crippen LogP contribution is 2.39. The molecule has 2 saturated heterocycles. The Hall–Kier alpha value is -1.26. The molecule has 2 aliphatic heterocycles. The van der Waals surface area contributed by atoms with E-state index in [0.717, 1.165) is 12.8 Å². The van der Waals surface area contributed by atoms with Gasteiger partial charge in [-0.1, -0.05) is 0 Å². The molecule has 2 aliphatic rings. The maximum absolute atomic E-state index is 12.3. The van der Waals surface area contributed by atoms with E-state index in [-0.39, 0.29) is 30.1 Å². The van der Waals surface area contributed by atoms with Gasteiger partial charge in [-0.25, -0.2) is 4.79 Å². The van der Waals surface area contributed by atoms with Crippen molar-refractivity contribution in [2.24, 2.45) is 5.92 Å². The molecule has 5 nitrogen and oxygen atoms in total. The summed E-state index contributed by atoms with van der Waals surface area (Å²) >= 11 is 0. The molecule has 0 unspecified atom stereocenters. The van der Waals surface area contributed by atoms with Gasteiger partial charge in [0.2, 0.25) is 0 Å². The monoisotopic (exact) mass is 283 g/mol. The molecule has 0 radical (unpaired) electrons. The summed E-state index contributed by atoms with van der Waals surface area (Å²) < 4.78 is 10.6. The number of nitrogens with zero attached hydrogens (tertiary/aromatic N) is 1. The minimum atomic E-state index is -0.478. The van der Waals surface area contributed by atoms with E-state index >= 15 is 0 Å². The third-order valence-electron chi connectivity index (χ3n) is 3.96. The van der Waals surface area contributed by atoms with Crippen molar-refractivity contribution >= 4 is 12.1 Å². The summed E-state index contributed by atoms with van der Waals surface area (Å²) in [7, 11) is 0. The summed E-state index contributed by atoms with van der Waals surface area (Å²) in [5.41, 5.74) is -0.478. The average Bonchev–Trinajstić information content (AvgIpc) is 2.58. The van der Waals surface area contributed by atoms with Crippen LogP contribution in [0.2, 0.25) is 0 Å². The van der Waals surface area contributed by atoms with Crippen LogP contribution in [0.5, 0.6) is 0 Å². The molecule has 1 amide bonds. The number of carbonyl (C=O) groups excluding carboxylic acids is 2. The van der Waals surface area contributed by atoms with Crippen LogP contribution in [0.1, 0.15) is 53.4 Å². The fourth-order valence-electron chi connectivity index (χ4n) is 3.24. The number of amides is 1. The molecule has 114 valence electrons. The molecule has 0 aromatic heterocycles. The molecule has 20 heavy (non-hydrogen) atoms. The zero-order valence-electron chi connectivity index (χ0n) is 12.8. The second kappa shape index (κ2) is 5.62. The van der Waals surface area contributed by atoms with Crippen LogP contribution in [0.3, 0.4) is 0 Å². The van der Waals surface area contributed by atoms with E-state index in [4.69, 9.17) is 9.47 Å². The van der Waals surface area contributed by atoms with Gasteiger partial charge in [0.05, 0.1) is 12.5 Å². The highest BCUT2D eigenvalue weighted by Gasteiger charge is 2.46. The molecule has 3 atom stereocenters. The molecule has 0 aromatic rings. The minimum Gasteiger partial charge on any atom is -0.466 e. The summed E-state index contributed by atoms with van der Waals surface area (Å²) in [5.74, 6) is -0.181. The molecule has 2 bridgehead atoms. The smallest absolute Gasteiger partial charge is 0.410 e. The maximum Gasteiger partial charge on any atom is 0.410 e. The zero-order chi connectivity index (χ0) is 14.9. The Labute approximate surface area is 120 Å². The molecular formula is C15H25NO4. The second-order valence-corrected chi connectivity index (χ2v) is 6.69. The number of piperidine rings is 1. The van der Waals surface area contributed by atoms with Gasteiger partial charge in [-0.05, 0) is 53.4 Å². The van der Waals surface area contributed by atoms with E-state index < -0.39 is 5.60 Å². The standard InChI is InChI=1S/C15H25NO4/c1-5-19-13(17)10-8-11-6-7-12(9-10)16(11)14(18)20-15(2,3)4/h10-12H,5-9H2,1-4H3/t10-,11-,12+. The highest BCUT2D eigenvalue weighted by atomic mass is 16.6. The first kappa shape index (κ1) is 15.1. The van der Waals surface area contributed by atoms with Crippen LogP contribution >= 0.6 is 0 Å². The third kappa shape index (κ3) is 3.25. The number of carbonyl (C=O) groups is 2. The highest BCUT2D eigenvalue weighted by molar-refractivity contribution is 5.74. The van der Waals surface area contributed by atoms with Crippen molar-refractivity contribution in [1.29, 1.82) is 0 Å². The van der Waals surface area contributed by atoms with Crippen molar-refractivity contribution in [3.63, 3.8) is 0 Å². The first-order valence-electron chi connectivity index (χ1n) is 7.49. The Kier molecular flexibility index (Phi) is 4.25. The summed E-state index contributed by atoms with van der Waals surface area (Å²) in [6, 6.07) is 0.246. The summed E-state index contributed by atoms with van der Waals surface area (Å²) in [4.78, 5) is 26.0. The molecule has 0 N–H and O–H groups in total. The van der Waals surface area contributed by atoms with E-state index in [0.29, 0.717) is 19.4 Å². The maximum atomic E-state index is 12.3. The summed E-state index contributed by atoms with van der Waals surface area (Å²) in [5, 5.41) is 0. The number of rotatable bonds is 2. The van der Waals surface area contributed by atoms with E-state index in [1.165, 1.54) is 0 Å². The van der Waals surface area contributed by atoms with Crippen LogP contribution in [0.15, 0.2) is 0 Å². The first-order valence-corrected chi connectivity index (χ1v) is 7.49. The van der Waals surface area contributed by atoms with Gasteiger partial charge in [0.1, 0.15) is 5.60 Å². The molecule has 0 spiro atoms. The van der Waals surface area contributed by atoms with E-state index in [1.807, 2.05) is 32.6 Å². The quantitative estimate of drug-likeness (QED) is 0.731. The zero-order valence-corrected chi connectivity index (χ0v) is 12.8. The predicted molar refractivity (Wildman–Crippen MR) is 74.2 cm³/mol. The molecule has 5 heteroatoms. The van der Waals surface area contributed by atoms with Gasteiger partial charge >= 0.3 is 12.1 Å². The lowest BCUT2D eigenvalue weighted by Gasteiger charge is -2.38. The lowest BCUT2D eigenvalue weighted by molar-refractivity contribution is -0.150. The largest absolute Gasteiger partial charge is 0.466 e. The van der Waals surface area contributed by atoms with Crippen molar-refractivity contribution in [2.45, 2.75) is 71.1 Å². The van der Waals surface area contributed by atoms with Gasteiger partial charge in [0, 0.05) is 12.1 Å². The van der Waals surface area contributed by atoms with Crippen molar-refractivity contribution in [1.82, 2.24) is 4.90 Å². The van der Waals surface area contributed by atoms with Crippen LogP contribution in [0, 0.1) is 5.92 Å². The summed E-state index contributed by atoms with van der Waals surface area (Å²) in [6.07, 6.45) is 3.08. The van der Waals surface area contributed by atoms with Crippen molar-refractivity contribution in [3.05, 3.63) is 0 Å². The van der Waals surface area contributed by atoms with Gasteiger partial charge in [0.25, 0.3) is 0 Å². The van der Waals surface area contributed by atoms with Crippen molar-refractivity contribution < 1.29 is 19.1 Å². The molecule has 2 rings (SSSR count). The lowest BCUT2D eigenvalue weighted by atomic mass is 9.91. The fourth-order valence-corrected chi connectivity index (χ4v) is 3.24. The van der Waals surface area contributed by atoms with E-state index in [9.17, 15) is 9.59 Å². The topological polar surface area (TPSA) is 55.8 Å². The van der Waals surface area contributed by atoms with Gasteiger partial charge in [-0.15, -0.1) is 0 Å². The number of ether oxygens (including phenoxy) is 2.